The Balaban J connectivity index is 3.15. The van der Waals surface area contributed by atoms with Gasteiger partial charge >= 0.3 is 0 Å². The molecule has 0 aromatic heterocycles. The van der Waals surface area contributed by atoms with Crippen LogP contribution in [0.5, 0.6) is 0 Å². The summed E-state index contributed by atoms with van der Waals surface area (Å²) in [6.45, 7) is 16.1. The first kappa shape index (κ1) is 17.7. The van der Waals surface area contributed by atoms with Gasteiger partial charge < -0.3 is 9.47 Å². The van der Waals surface area contributed by atoms with Gasteiger partial charge in [0.05, 0.1) is 11.9 Å². The Hall–Kier alpha value is 0.704. The molecule has 0 aromatic carbocycles. The number of thioether (sulfide) groups is 1. The maximum absolute atomic E-state index is 5.58. The topological polar surface area (TPSA) is 18.5 Å². The lowest BCUT2D eigenvalue weighted by molar-refractivity contribution is 0.182. The highest BCUT2D eigenvalue weighted by molar-refractivity contribution is 7.98. The highest BCUT2D eigenvalue weighted by Gasteiger charge is 2.12. The van der Waals surface area contributed by atoms with Crippen molar-refractivity contribution in [3.05, 3.63) is 0 Å². The fourth-order valence-corrected chi connectivity index (χ4v) is 3.08. The van der Waals surface area contributed by atoms with Crippen LogP contribution < -0.4 is 0 Å². The largest absolute Gasteiger partial charge is 0.371 e. The summed E-state index contributed by atoms with van der Waals surface area (Å²) < 4.78 is 11.2. The molecule has 0 aliphatic heterocycles. The molecule has 0 aliphatic rings. The maximum Gasteiger partial charge on any atom is 0.0943 e. The van der Waals surface area contributed by atoms with Crippen LogP contribution in [0.15, 0.2) is 0 Å². The van der Waals surface area contributed by atoms with Gasteiger partial charge in [-0.15, -0.1) is 11.8 Å². The highest BCUT2D eigenvalue weighted by atomic mass is 32.2. The third-order valence-corrected chi connectivity index (χ3v) is 6.40. The first-order valence-corrected chi connectivity index (χ1v) is 15.0. The molecular formula is C12H30O2SSi2. The summed E-state index contributed by atoms with van der Waals surface area (Å²) in [7, 11) is -1.84. The van der Waals surface area contributed by atoms with E-state index in [4.69, 9.17) is 9.47 Å². The van der Waals surface area contributed by atoms with Gasteiger partial charge in [0.2, 0.25) is 0 Å². The minimum Gasteiger partial charge on any atom is -0.371 e. The van der Waals surface area contributed by atoms with E-state index in [2.05, 4.69) is 39.3 Å². The molecule has 0 unspecified atom stereocenters. The van der Waals surface area contributed by atoms with E-state index in [-0.39, 0.29) is 0 Å². The third kappa shape index (κ3) is 16.7. The van der Waals surface area contributed by atoms with Crippen LogP contribution in [0.3, 0.4) is 0 Å². The Morgan fingerprint density at radius 3 is 1.35 bits per heavy atom. The Labute approximate surface area is 114 Å². The lowest BCUT2D eigenvalue weighted by Gasteiger charge is -2.16. The van der Waals surface area contributed by atoms with Crippen LogP contribution in [-0.4, -0.2) is 41.2 Å². The van der Waals surface area contributed by atoms with Crippen LogP contribution >= 0.6 is 11.8 Å². The first-order valence-electron chi connectivity index (χ1n) is 6.44. The zero-order valence-electron chi connectivity index (χ0n) is 12.5. The average molecular weight is 295 g/mol. The van der Waals surface area contributed by atoms with E-state index in [0.717, 1.165) is 25.1 Å². The van der Waals surface area contributed by atoms with Crippen molar-refractivity contribution in [1.82, 2.24) is 0 Å². The summed E-state index contributed by atoms with van der Waals surface area (Å²) in [5.74, 6) is 1.55. The summed E-state index contributed by atoms with van der Waals surface area (Å²) in [6.07, 6.45) is 0. The molecule has 0 saturated heterocycles. The van der Waals surface area contributed by atoms with Crippen molar-refractivity contribution in [2.75, 3.05) is 25.1 Å². The number of hydrogen-bond donors (Lipinski definition) is 0. The van der Waals surface area contributed by atoms with E-state index in [1.54, 1.807) is 11.8 Å². The number of rotatable bonds is 10. The van der Waals surface area contributed by atoms with Gasteiger partial charge in [-0.2, -0.15) is 0 Å². The highest BCUT2D eigenvalue weighted by Crippen LogP contribution is 2.11. The molecule has 104 valence electrons. The van der Waals surface area contributed by atoms with Crippen molar-refractivity contribution in [2.24, 2.45) is 0 Å². The molecule has 0 fully saturated rings. The molecule has 0 spiro atoms. The Bertz CT molecular complexity index is 168. The second-order valence-corrected chi connectivity index (χ2v) is 19.0. The van der Waals surface area contributed by atoms with Crippen LogP contribution in [0.1, 0.15) is 0 Å². The van der Waals surface area contributed by atoms with Gasteiger partial charge in [0.25, 0.3) is 0 Å². The summed E-state index contributed by atoms with van der Waals surface area (Å²) >= 11 is 1.74. The standard InChI is InChI=1S/C12H30O2SSi2/c1-16(2,3)9-7-13-11-15-12-14-8-10-17(4,5)6/h7-12H2,1-6H3. The third-order valence-electron chi connectivity index (χ3n) is 2.33. The van der Waals surface area contributed by atoms with Crippen molar-refractivity contribution < 1.29 is 9.47 Å². The van der Waals surface area contributed by atoms with Gasteiger partial charge in [-0.1, -0.05) is 39.3 Å². The Morgan fingerprint density at radius 1 is 0.706 bits per heavy atom. The molecule has 0 rings (SSSR count). The Kier molecular flexibility index (Phi) is 9.11. The zero-order valence-corrected chi connectivity index (χ0v) is 15.3. The predicted molar refractivity (Wildman–Crippen MR) is 85.5 cm³/mol. The van der Waals surface area contributed by atoms with Gasteiger partial charge in [0.15, 0.2) is 0 Å². The molecule has 0 atom stereocenters. The summed E-state index contributed by atoms with van der Waals surface area (Å²) in [4.78, 5) is 0. The molecule has 0 aliphatic carbocycles. The van der Waals surface area contributed by atoms with Crippen LogP contribution in [0.25, 0.3) is 0 Å². The summed E-state index contributed by atoms with van der Waals surface area (Å²) in [6, 6.07) is 2.51. The minimum absolute atomic E-state index is 0.775. The number of ether oxygens (including phenoxy) is 2. The lowest BCUT2D eigenvalue weighted by atomic mass is 10.9. The van der Waals surface area contributed by atoms with Gasteiger partial charge in [0, 0.05) is 29.4 Å². The van der Waals surface area contributed by atoms with E-state index in [0.29, 0.717) is 0 Å². The van der Waals surface area contributed by atoms with Crippen molar-refractivity contribution in [3.63, 3.8) is 0 Å². The molecule has 0 radical (unpaired) electrons. The molecule has 0 amide bonds. The SMILES string of the molecule is C[Si](C)(C)CCOCSCOCC[Si](C)(C)C. The van der Waals surface area contributed by atoms with Crippen molar-refractivity contribution >= 4 is 27.9 Å². The van der Waals surface area contributed by atoms with Gasteiger partial charge in [-0.3, -0.25) is 0 Å². The molecule has 0 N–H and O–H groups in total. The molecule has 2 nitrogen and oxygen atoms in total. The monoisotopic (exact) mass is 294 g/mol. The molecule has 0 saturated carbocycles. The van der Waals surface area contributed by atoms with Gasteiger partial charge in [-0.25, -0.2) is 0 Å². The molecule has 5 heteroatoms. The van der Waals surface area contributed by atoms with E-state index >= 15 is 0 Å². The van der Waals surface area contributed by atoms with E-state index in [1.807, 2.05) is 0 Å². The first-order chi connectivity index (χ1) is 7.71. The summed E-state index contributed by atoms with van der Waals surface area (Å²) in [5.41, 5.74) is 0. The molecule has 17 heavy (non-hydrogen) atoms. The quantitative estimate of drug-likeness (QED) is 0.339. The van der Waals surface area contributed by atoms with E-state index < -0.39 is 16.1 Å². The zero-order chi connectivity index (χ0) is 13.4. The van der Waals surface area contributed by atoms with Crippen molar-refractivity contribution in [1.29, 1.82) is 0 Å². The maximum atomic E-state index is 5.58. The van der Waals surface area contributed by atoms with Crippen LogP contribution in [-0.2, 0) is 9.47 Å². The van der Waals surface area contributed by atoms with Crippen molar-refractivity contribution in [3.8, 4) is 0 Å². The minimum atomic E-state index is -0.920. The van der Waals surface area contributed by atoms with Gasteiger partial charge in [0.1, 0.15) is 0 Å². The van der Waals surface area contributed by atoms with Crippen LogP contribution in [0.4, 0.5) is 0 Å². The van der Waals surface area contributed by atoms with Crippen molar-refractivity contribution in [2.45, 2.75) is 51.4 Å². The van der Waals surface area contributed by atoms with E-state index in [9.17, 15) is 0 Å². The normalized spacial score (nSPS) is 13.1. The van der Waals surface area contributed by atoms with Crippen LogP contribution in [0, 0.1) is 0 Å². The fourth-order valence-electron chi connectivity index (χ4n) is 1.03. The number of hydrogen-bond acceptors (Lipinski definition) is 3. The average Bonchev–Trinajstić information content (AvgIpc) is 2.11. The second-order valence-electron chi connectivity index (χ2n) is 6.88. The predicted octanol–water partition coefficient (Wildman–Crippen LogP) is 4.34. The van der Waals surface area contributed by atoms with Gasteiger partial charge in [-0.05, 0) is 12.1 Å². The summed E-state index contributed by atoms with van der Waals surface area (Å²) in [5, 5.41) is 0. The van der Waals surface area contributed by atoms with Crippen LogP contribution in [0.2, 0.25) is 51.4 Å². The lowest BCUT2D eigenvalue weighted by Crippen LogP contribution is -2.22. The smallest absolute Gasteiger partial charge is 0.0943 e. The van der Waals surface area contributed by atoms with E-state index in [1.165, 1.54) is 12.1 Å². The second kappa shape index (κ2) is 8.74. The molecular weight excluding hydrogens is 264 g/mol. The molecule has 0 aromatic rings. The Morgan fingerprint density at radius 2 is 1.06 bits per heavy atom. The molecule has 0 bridgehead atoms. The fraction of sp³-hybridized carbons (Fsp3) is 1.00. The molecule has 0 heterocycles.